The van der Waals surface area contributed by atoms with Gasteiger partial charge in [-0.1, -0.05) is 24.3 Å². The van der Waals surface area contributed by atoms with Gasteiger partial charge in [-0.3, -0.25) is 19.7 Å². The van der Waals surface area contributed by atoms with Crippen molar-refractivity contribution >= 4 is 40.2 Å². The minimum absolute atomic E-state index is 0.0109. The molecule has 0 aliphatic carbocycles. The Bertz CT molecular complexity index is 1080. The number of hydrogen-bond acceptors (Lipinski definition) is 5. The first-order valence-electron chi connectivity index (χ1n) is 9.03. The third-order valence-electron chi connectivity index (χ3n) is 4.75. The van der Waals surface area contributed by atoms with Crippen LogP contribution in [-0.4, -0.2) is 23.3 Å². The highest BCUT2D eigenvalue weighted by atomic mass is 32.1. The van der Waals surface area contributed by atoms with Crippen LogP contribution >= 0.6 is 11.3 Å². The van der Waals surface area contributed by atoms with Crippen LogP contribution in [-0.2, 0) is 17.6 Å². The van der Waals surface area contributed by atoms with Crippen LogP contribution in [0.1, 0.15) is 20.8 Å². The van der Waals surface area contributed by atoms with Crippen LogP contribution in [0.4, 0.5) is 17.1 Å². The van der Waals surface area contributed by atoms with E-state index in [1.807, 2.05) is 29.6 Å². The fraction of sp³-hybridized carbons (Fsp3) is 0.143. The molecule has 0 atom stereocenters. The first kappa shape index (κ1) is 18.8. The summed E-state index contributed by atoms with van der Waals surface area (Å²) >= 11 is 1.41. The Labute approximate surface area is 170 Å². The molecule has 1 aromatic heterocycles. The molecule has 29 heavy (non-hydrogen) atoms. The van der Waals surface area contributed by atoms with E-state index in [2.05, 4.69) is 5.32 Å². The quantitative estimate of drug-likeness (QED) is 0.510. The molecule has 1 aliphatic rings. The first-order chi connectivity index (χ1) is 14.0. The summed E-state index contributed by atoms with van der Waals surface area (Å²) in [6, 6.07) is 15.1. The predicted molar refractivity (Wildman–Crippen MR) is 112 cm³/mol. The molecule has 0 radical (unpaired) electrons. The average Bonchev–Trinajstić information content (AvgIpc) is 3.38. The molecule has 2 heterocycles. The van der Waals surface area contributed by atoms with Crippen LogP contribution in [0.3, 0.4) is 0 Å². The summed E-state index contributed by atoms with van der Waals surface area (Å²) in [5.41, 5.74) is 3.17. The van der Waals surface area contributed by atoms with Crippen LogP contribution in [0.5, 0.6) is 0 Å². The zero-order valence-electron chi connectivity index (χ0n) is 15.3. The second-order valence-electron chi connectivity index (χ2n) is 6.68. The summed E-state index contributed by atoms with van der Waals surface area (Å²) in [6.45, 7) is 0.617. The van der Waals surface area contributed by atoms with Crippen molar-refractivity contribution in [2.45, 2.75) is 12.8 Å². The van der Waals surface area contributed by atoms with E-state index in [1.54, 1.807) is 23.1 Å². The summed E-state index contributed by atoms with van der Waals surface area (Å²) < 4.78 is 0. The van der Waals surface area contributed by atoms with Gasteiger partial charge in [0.05, 0.1) is 16.2 Å². The first-order valence-corrected chi connectivity index (χ1v) is 9.91. The van der Waals surface area contributed by atoms with Crippen molar-refractivity contribution in [2.75, 3.05) is 16.8 Å². The number of fused-ring (bicyclic) bond motifs is 1. The third kappa shape index (κ3) is 4.02. The molecule has 146 valence electrons. The van der Waals surface area contributed by atoms with Crippen molar-refractivity contribution in [1.82, 2.24) is 0 Å². The molecule has 4 rings (SSSR count). The van der Waals surface area contributed by atoms with Gasteiger partial charge in [-0.2, -0.15) is 0 Å². The minimum atomic E-state index is -0.475. The Hall–Kier alpha value is -3.52. The smallest absolute Gasteiger partial charge is 0.269 e. The van der Waals surface area contributed by atoms with E-state index in [4.69, 9.17) is 0 Å². The zero-order chi connectivity index (χ0) is 20.4. The van der Waals surface area contributed by atoms with Crippen LogP contribution in [0.25, 0.3) is 0 Å². The van der Waals surface area contributed by atoms with E-state index in [1.165, 1.54) is 23.5 Å². The normalized spacial score (nSPS) is 12.5. The number of hydrogen-bond donors (Lipinski definition) is 1. The van der Waals surface area contributed by atoms with E-state index >= 15 is 0 Å². The molecular formula is C21H17N3O4S. The van der Waals surface area contributed by atoms with Gasteiger partial charge in [0.1, 0.15) is 0 Å². The largest absolute Gasteiger partial charge is 0.326 e. The van der Waals surface area contributed by atoms with Gasteiger partial charge in [-0.25, -0.2) is 0 Å². The number of nitro benzene ring substituents is 1. The SMILES string of the molecule is O=C(Cc1ccc([N+](=O)[O-])cc1)Nc1ccc2c(c1)N(C(=O)c1cccs1)CC2. The number of non-ortho nitro benzene ring substituents is 1. The van der Waals surface area contributed by atoms with Crippen molar-refractivity contribution in [2.24, 2.45) is 0 Å². The molecule has 3 aromatic rings. The van der Waals surface area contributed by atoms with Crippen molar-refractivity contribution in [3.63, 3.8) is 0 Å². The Morgan fingerprint density at radius 3 is 2.62 bits per heavy atom. The molecule has 2 aromatic carbocycles. The topological polar surface area (TPSA) is 92.5 Å². The average molecular weight is 407 g/mol. The fourth-order valence-electron chi connectivity index (χ4n) is 3.33. The van der Waals surface area contributed by atoms with Gasteiger partial charge < -0.3 is 10.2 Å². The summed E-state index contributed by atoms with van der Waals surface area (Å²) in [6.07, 6.45) is 0.885. The van der Waals surface area contributed by atoms with Gasteiger partial charge >= 0.3 is 0 Å². The van der Waals surface area contributed by atoms with Crippen LogP contribution in [0.15, 0.2) is 60.0 Å². The van der Waals surface area contributed by atoms with Crippen LogP contribution < -0.4 is 10.2 Å². The van der Waals surface area contributed by atoms with Gasteiger partial charge in [-0.05, 0) is 41.1 Å². The number of carbonyl (C=O) groups is 2. The summed E-state index contributed by atoms with van der Waals surface area (Å²) in [5, 5.41) is 15.4. The number of amides is 2. The number of nitro groups is 1. The fourth-order valence-corrected chi connectivity index (χ4v) is 4.00. The predicted octanol–water partition coefficient (Wildman–Crippen LogP) is 4.04. The molecule has 0 unspecified atom stereocenters. The molecule has 8 heteroatoms. The second kappa shape index (κ2) is 7.84. The molecule has 0 saturated carbocycles. The highest BCUT2D eigenvalue weighted by molar-refractivity contribution is 7.12. The number of carbonyl (C=O) groups excluding carboxylic acids is 2. The molecule has 1 N–H and O–H groups in total. The van der Waals surface area contributed by atoms with Gasteiger partial charge in [0.15, 0.2) is 0 Å². The summed E-state index contributed by atoms with van der Waals surface area (Å²) in [7, 11) is 0. The number of nitrogens with zero attached hydrogens (tertiary/aromatic N) is 2. The zero-order valence-corrected chi connectivity index (χ0v) is 16.1. The van der Waals surface area contributed by atoms with E-state index in [-0.39, 0.29) is 23.9 Å². The molecule has 0 saturated heterocycles. The van der Waals surface area contributed by atoms with E-state index in [9.17, 15) is 19.7 Å². The molecular weight excluding hydrogens is 390 g/mol. The number of thiophene rings is 1. The van der Waals surface area contributed by atoms with Gasteiger partial charge in [-0.15, -0.1) is 11.3 Å². The Morgan fingerprint density at radius 2 is 1.93 bits per heavy atom. The Morgan fingerprint density at radius 1 is 1.14 bits per heavy atom. The second-order valence-corrected chi connectivity index (χ2v) is 7.62. The van der Waals surface area contributed by atoms with Crippen molar-refractivity contribution in [3.05, 3.63) is 86.1 Å². The Kier molecular flexibility index (Phi) is 5.09. The number of nitrogens with one attached hydrogen (secondary N) is 1. The standard InChI is InChI=1S/C21H17N3O4S/c25-20(12-14-3-7-17(8-4-14)24(27)28)22-16-6-5-15-9-10-23(18(15)13-16)21(26)19-2-1-11-29-19/h1-8,11,13H,9-10,12H2,(H,22,25). The van der Waals surface area contributed by atoms with Crippen LogP contribution in [0.2, 0.25) is 0 Å². The Balaban J connectivity index is 1.46. The van der Waals surface area contributed by atoms with Gasteiger partial charge in [0.2, 0.25) is 5.91 Å². The van der Waals surface area contributed by atoms with E-state index < -0.39 is 4.92 Å². The van der Waals surface area contributed by atoms with E-state index in [0.717, 1.165) is 17.7 Å². The lowest BCUT2D eigenvalue weighted by Crippen LogP contribution is -2.28. The van der Waals surface area contributed by atoms with Crippen molar-refractivity contribution in [3.8, 4) is 0 Å². The molecule has 0 spiro atoms. The lowest BCUT2D eigenvalue weighted by molar-refractivity contribution is -0.384. The molecule has 2 amide bonds. The maximum absolute atomic E-state index is 12.7. The molecule has 1 aliphatic heterocycles. The number of rotatable bonds is 5. The molecule has 0 bridgehead atoms. The number of benzene rings is 2. The monoisotopic (exact) mass is 407 g/mol. The molecule has 7 nitrogen and oxygen atoms in total. The van der Waals surface area contributed by atoms with Gasteiger partial charge in [0, 0.05) is 30.1 Å². The third-order valence-corrected chi connectivity index (χ3v) is 5.61. The molecule has 0 fully saturated rings. The van der Waals surface area contributed by atoms with Gasteiger partial charge in [0.25, 0.3) is 11.6 Å². The van der Waals surface area contributed by atoms with Crippen LogP contribution in [0, 0.1) is 10.1 Å². The minimum Gasteiger partial charge on any atom is -0.326 e. The van der Waals surface area contributed by atoms with E-state index in [0.29, 0.717) is 22.7 Å². The lowest BCUT2D eigenvalue weighted by atomic mass is 10.1. The highest BCUT2D eigenvalue weighted by Gasteiger charge is 2.26. The number of anilines is 2. The summed E-state index contributed by atoms with van der Waals surface area (Å²) in [5.74, 6) is -0.263. The maximum Gasteiger partial charge on any atom is 0.269 e. The van der Waals surface area contributed by atoms with Crippen molar-refractivity contribution in [1.29, 1.82) is 0 Å². The lowest BCUT2D eigenvalue weighted by Gasteiger charge is -2.17. The summed E-state index contributed by atoms with van der Waals surface area (Å²) in [4.78, 5) is 37.8. The maximum atomic E-state index is 12.7. The van der Waals surface area contributed by atoms with Crippen molar-refractivity contribution < 1.29 is 14.5 Å². The highest BCUT2D eigenvalue weighted by Crippen LogP contribution is 2.32.